The lowest BCUT2D eigenvalue weighted by Crippen LogP contribution is -1.91. The van der Waals surface area contributed by atoms with Crippen LogP contribution < -0.4 is 5.73 Å². The van der Waals surface area contributed by atoms with Crippen LogP contribution in [0, 0.1) is 0 Å². The van der Waals surface area contributed by atoms with Crippen molar-refractivity contribution in [2.45, 2.75) is 96.8 Å². The Labute approximate surface area is 122 Å². The predicted octanol–water partition coefficient (Wildman–Crippen LogP) is 5.98. The van der Waals surface area contributed by atoms with Crippen molar-refractivity contribution >= 4 is 0 Å². The van der Waals surface area contributed by atoms with Crippen molar-refractivity contribution in [3.8, 4) is 0 Å². The largest absolute Gasteiger partial charge is 0.327 e. The summed E-state index contributed by atoms with van der Waals surface area (Å²) in [5, 5.41) is 0. The Morgan fingerprint density at radius 1 is 0.579 bits per heavy atom. The van der Waals surface area contributed by atoms with Crippen molar-refractivity contribution in [1.29, 1.82) is 0 Å². The first-order valence-electron chi connectivity index (χ1n) is 8.77. The molecule has 1 heteroatoms. The molecule has 19 heavy (non-hydrogen) atoms. The van der Waals surface area contributed by atoms with E-state index in [1.54, 1.807) is 0 Å². The fourth-order valence-electron chi connectivity index (χ4n) is 2.49. The highest BCUT2D eigenvalue weighted by Gasteiger charge is 1.93. The Morgan fingerprint density at radius 3 is 1.42 bits per heavy atom. The summed E-state index contributed by atoms with van der Waals surface area (Å²) in [4.78, 5) is 0. The van der Waals surface area contributed by atoms with Crippen molar-refractivity contribution in [3.63, 3.8) is 0 Å². The minimum absolute atomic E-state index is 0.693. The standard InChI is InChI=1S/C18H37N/c1-2-3-4-5-6-7-8-9-10-11-12-13-14-15-16-17-18-19/h16-17H,2-15,18-19H2,1H3. The topological polar surface area (TPSA) is 26.0 Å². The van der Waals surface area contributed by atoms with Crippen LogP contribution in [0.25, 0.3) is 0 Å². The number of allylic oxidation sites excluding steroid dienone is 1. The zero-order valence-electron chi connectivity index (χ0n) is 13.3. The second-order valence-electron chi connectivity index (χ2n) is 5.74. The van der Waals surface area contributed by atoms with E-state index < -0.39 is 0 Å². The van der Waals surface area contributed by atoms with Crippen LogP contribution in [-0.2, 0) is 0 Å². The third-order valence-electron chi connectivity index (χ3n) is 3.78. The second-order valence-corrected chi connectivity index (χ2v) is 5.74. The molecule has 0 aliphatic carbocycles. The highest BCUT2D eigenvalue weighted by Crippen LogP contribution is 2.12. The lowest BCUT2D eigenvalue weighted by atomic mass is 10.0. The third-order valence-corrected chi connectivity index (χ3v) is 3.78. The van der Waals surface area contributed by atoms with Gasteiger partial charge in [0, 0.05) is 6.54 Å². The van der Waals surface area contributed by atoms with Crippen LogP contribution in [0.3, 0.4) is 0 Å². The minimum Gasteiger partial charge on any atom is -0.327 e. The highest BCUT2D eigenvalue weighted by molar-refractivity contribution is 4.81. The molecule has 0 spiro atoms. The fraction of sp³-hybridized carbons (Fsp3) is 0.889. The molecule has 114 valence electrons. The lowest BCUT2D eigenvalue weighted by Gasteiger charge is -2.02. The number of rotatable bonds is 15. The summed E-state index contributed by atoms with van der Waals surface area (Å²) >= 11 is 0. The van der Waals surface area contributed by atoms with E-state index >= 15 is 0 Å². The van der Waals surface area contributed by atoms with E-state index in [0.717, 1.165) is 0 Å². The third kappa shape index (κ3) is 17.7. The molecule has 0 unspecified atom stereocenters. The molecule has 0 atom stereocenters. The highest BCUT2D eigenvalue weighted by atomic mass is 14.5. The fourth-order valence-corrected chi connectivity index (χ4v) is 2.49. The summed E-state index contributed by atoms with van der Waals surface area (Å²) in [5.74, 6) is 0. The predicted molar refractivity (Wildman–Crippen MR) is 88.5 cm³/mol. The minimum atomic E-state index is 0.693. The van der Waals surface area contributed by atoms with Gasteiger partial charge in [0.25, 0.3) is 0 Å². The van der Waals surface area contributed by atoms with Gasteiger partial charge in [-0.25, -0.2) is 0 Å². The quantitative estimate of drug-likeness (QED) is 0.286. The van der Waals surface area contributed by atoms with Gasteiger partial charge in [-0.2, -0.15) is 0 Å². The molecule has 2 N–H and O–H groups in total. The molecule has 0 aromatic carbocycles. The van der Waals surface area contributed by atoms with Gasteiger partial charge in [0.2, 0.25) is 0 Å². The molecule has 0 heterocycles. The molecule has 0 rings (SSSR count). The monoisotopic (exact) mass is 267 g/mol. The van der Waals surface area contributed by atoms with Gasteiger partial charge in [0.15, 0.2) is 0 Å². The van der Waals surface area contributed by atoms with Crippen LogP contribution >= 0.6 is 0 Å². The molecule has 0 radical (unpaired) electrons. The summed E-state index contributed by atoms with van der Waals surface area (Å²) in [6.45, 7) is 2.98. The summed E-state index contributed by atoms with van der Waals surface area (Å²) in [7, 11) is 0. The summed E-state index contributed by atoms with van der Waals surface area (Å²) in [6, 6.07) is 0. The van der Waals surface area contributed by atoms with Gasteiger partial charge in [-0.1, -0.05) is 96.1 Å². The zero-order valence-corrected chi connectivity index (χ0v) is 13.3. The maximum atomic E-state index is 5.40. The van der Waals surface area contributed by atoms with Gasteiger partial charge in [-0.05, 0) is 12.8 Å². The molecule has 0 saturated heterocycles. The summed E-state index contributed by atoms with van der Waals surface area (Å²) in [6.07, 6.45) is 24.1. The Balaban J connectivity index is 2.93. The average molecular weight is 268 g/mol. The first-order valence-corrected chi connectivity index (χ1v) is 8.77. The lowest BCUT2D eigenvalue weighted by molar-refractivity contribution is 0.540. The molecule has 0 aliphatic heterocycles. The van der Waals surface area contributed by atoms with Crippen molar-refractivity contribution in [3.05, 3.63) is 12.2 Å². The van der Waals surface area contributed by atoms with Crippen molar-refractivity contribution in [2.24, 2.45) is 5.73 Å². The molecule has 0 aromatic rings. The van der Waals surface area contributed by atoms with E-state index in [9.17, 15) is 0 Å². The van der Waals surface area contributed by atoms with Gasteiger partial charge in [0.05, 0.1) is 0 Å². The maximum absolute atomic E-state index is 5.40. The summed E-state index contributed by atoms with van der Waals surface area (Å²) in [5.41, 5.74) is 5.40. The van der Waals surface area contributed by atoms with Crippen molar-refractivity contribution in [1.82, 2.24) is 0 Å². The maximum Gasteiger partial charge on any atom is 0.0106 e. The van der Waals surface area contributed by atoms with Crippen molar-refractivity contribution < 1.29 is 0 Å². The number of hydrogen-bond donors (Lipinski definition) is 1. The normalized spacial score (nSPS) is 11.5. The molecule has 0 bridgehead atoms. The van der Waals surface area contributed by atoms with Gasteiger partial charge in [-0.15, -0.1) is 0 Å². The van der Waals surface area contributed by atoms with E-state index in [4.69, 9.17) is 5.73 Å². The molecule has 0 amide bonds. The van der Waals surface area contributed by atoms with Crippen LogP contribution in [-0.4, -0.2) is 6.54 Å². The Morgan fingerprint density at radius 2 is 1.00 bits per heavy atom. The Hall–Kier alpha value is -0.300. The van der Waals surface area contributed by atoms with Gasteiger partial charge in [-0.3, -0.25) is 0 Å². The van der Waals surface area contributed by atoms with Crippen LogP contribution in [0.1, 0.15) is 96.8 Å². The summed E-state index contributed by atoms with van der Waals surface area (Å²) < 4.78 is 0. The van der Waals surface area contributed by atoms with E-state index in [-0.39, 0.29) is 0 Å². The first kappa shape index (κ1) is 18.7. The van der Waals surface area contributed by atoms with Crippen molar-refractivity contribution in [2.75, 3.05) is 6.54 Å². The second kappa shape index (κ2) is 17.7. The molecule has 1 nitrogen and oxygen atoms in total. The number of nitrogens with two attached hydrogens (primary N) is 1. The van der Waals surface area contributed by atoms with Crippen LogP contribution in [0.15, 0.2) is 12.2 Å². The average Bonchev–Trinajstić information content (AvgIpc) is 2.43. The molecular weight excluding hydrogens is 230 g/mol. The van der Waals surface area contributed by atoms with E-state index in [1.807, 2.05) is 0 Å². The number of unbranched alkanes of at least 4 members (excludes halogenated alkanes) is 13. The molecule has 0 aromatic heterocycles. The Kier molecular flexibility index (Phi) is 17.4. The molecule has 0 aliphatic rings. The van der Waals surface area contributed by atoms with Crippen LogP contribution in [0.2, 0.25) is 0 Å². The van der Waals surface area contributed by atoms with E-state index in [2.05, 4.69) is 19.1 Å². The van der Waals surface area contributed by atoms with Gasteiger partial charge in [0.1, 0.15) is 0 Å². The van der Waals surface area contributed by atoms with Gasteiger partial charge >= 0.3 is 0 Å². The van der Waals surface area contributed by atoms with E-state index in [0.29, 0.717) is 6.54 Å². The van der Waals surface area contributed by atoms with E-state index in [1.165, 1.54) is 89.9 Å². The molecule has 0 fully saturated rings. The van der Waals surface area contributed by atoms with Crippen LogP contribution in [0.4, 0.5) is 0 Å². The Bertz CT molecular complexity index is 175. The first-order chi connectivity index (χ1) is 9.41. The SMILES string of the molecule is CCCCCCCCCCCCCCCC=CCN. The zero-order chi connectivity index (χ0) is 14.0. The number of hydrogen-bond acceptors (Lipinski definition) is 1. The smallest absolute Gasteiger partial charge is 0.0106 e. The van der Waals surface area contributed by atoms with Crippen LogP contribution in [0.5, 0.6) is 0 Å². The molecular formula is C18H37N. The molecule has 0 saturated carbocycles. The van der Waals surface area contributed by atoms with Gasteiger partial charge < -0.3 is 5.73 Å².